The predicted octanol–water partition coefficient (Wildman–Crippen LogP) is 2.25. The second kappa shape index (κ2) is 6.10. The number of aromatic nitrogens is 1. The van der Waals surface area contributed by atoms with Crippen molar-refractivity contribution < 1.29 is 13.9 Å². The van der Waals surface area contributed by atoms with E-state index in [9.17, 15) is 9.18 Å². The average molecular weight is 266 g/mol. The van der Waals surface area contributed by atoms with Crippen molar-refractivity contribution in [3.05, 3.63) is 29.8 Å². The molecule has 1 aliphatic rings. The maximum Gasteiger partial charge on any atom is 0.254 e. The van der Waals surface area contributed by atoms with Gasteiger partial charge in [-0.1, -0.05) is 0 Å². The number of pyridine rings is 1. The quantitative estimate of drug-likeness (QED) is 0.788. The largest absolute Gasteiger partial charge is 0.381 e. The maximum absolute atomic E-state index is 13.1. The molecule has 1 aromatic heterocycles. The number of hydrogen-bond donors (Lipinski definition) is 0. The average Bonchev–Trinajstić information content (AvgIpc) is 2.39. The molecule has 0 unspecified atom stereocenters. The fourth-order valence-electron chi connectivity index (χ4n) is 2.47. The Labute approximate surface area is 112 Å². The van der Waals surface area contributed by atoms with Crippen molar-refractivity contribution in [2.45, 2.75) is 38.8 Å². The third kappa shape index (κ3) is 3.29. The predicted molar refractivity (Wildman–Crippen MR) is 69.3 cm³/mol. The molecule has 1 aliphatic heterocycles. The summed E-state index contributed by atoms with van der Waals surface area (Å²) in [5.74, 6) is -0.760. The van der Waals surface area contributed by atoms with Gasteiger partial charge >= 0.3 is 0 Å². The standard InChI is InChI=1S/C14H19FN2O2/c1-10(2)17(12-4-7-19-8-5-12)14(18)11-3-6-16-13(15)9-11/h3,6,9-10,12H,4-5,7-8H2,1-2H3. The minimum Gasteiger partial charge on any atom is -0.381 e. The highest BCUT2D eigenvalue weighted by molar-refractivity contribution is 5.94. The van der Waals surface area contributed by atoms with E-state index >= 15 is 0 Å². The third-order valence-corrected chi connectivity index (χ3v) is 3.35. The highest BCUT2D eigenvalue weighted by Crippen LogP contribution is 2.20. The molecule has 0 saturated carbocycles. The first kappa shape index (κ1) is 13.9. The number of ether oxygens (including phenoxy) is 1. The highest BCUT2D eigenvalue weighted by atomic mass is 19.1. The normalized spacial score (nSPS) is 16.6. The third-order valence-electron chi connectivity index (χ3n) is 3.35. The molecule has 0 bridgehead atoms. The monoisotopic (exact) mass is 266 g/mol. The van der Waals surface area contributed by atoms with Crippen LogP contribution < -0.4 is 0 Å². The first-order chi connectivity index (χ1) is 9.09. The fraction of sp³-hybridized carbons (Fsp3) is 0.571. The van der Waals surface area contributed by atoms with Gasteiger partial charge in [0.1, 0.15) is 0 Å². The van der Waals surface area contributed by atoms with Crippen LogP contribution in [0.5, 0.6) is 0 Å². The molecule has 0 aliphatic carbocycles. The van der Waals surface area contributed by atoms with Gasteiger partial charge in [-0.2, -0.15) is 4.39 Å². The smallest absolute Gasteiger partial charge is 0.254 e. The van der Waals surface area contributed by atoms with Gasteiger partial charge in [-0.15, -0.1) is 0 Å². The molecule has 104 valence electrons. The van der Waals surface area contributed by atoms with Crippen LogP contribution in [0.3, 0.4) is 0 Å². The molecule has 19 heavy (non-hydrogen) atoms. The minimum atomic E-state index is -0.624. The van der Waals surface area contributed by atoms with Crippen LogP contribution in [0, 0.1) is 5.95 Å². The molecule has 4 nitrogen and oxygen atoms in total. The number of carbonyl (C=O) groups excluding carboxylic acids is 1. The van der Waals surface area contributed by atoms with E-state index in [1.54, 1.807) is 6.07 Å². The summed E-state index contributed by atoms with van der Waals surface area (Å²) in [6, 6.07) is 2.99. The Morgan fingerprint density at radius 2 is 2.16 bits per heavy atom. The van der Waals surface area contributed by atoms with Crippen LogP contribution in [0.25, 0.3) is 0 Å². The summed E-state index contributed by atoms with van der Waals surface area (Å²) >= 11 is 0. The molecule has 0 aromatic carbocycles. The maximum atomic E-state index is 13.1. The van der Waals surface area contributed by atoms with Gasteiger partial charge in [0.25, 0.3) is 5.91 Å². The van der Waals surface area contributed by atoms with Crippen LogP contribution in [0.1, 0.15) is 37.0 Å². The van der Waals surface area contributed by atoms with Crippen molar-refractivity contribution in [1.29, 1.82) is 0 Å². The van der Waals surface area contributed by atoms with Crippen molar-refractivity contribution in [3.8, 4) is 0 Å². The summed E-state index contributed by atoms with van der Waals surface area (Å²) in [5, 5.41) is 0. The molecular formula is C14H19FN2O2. The number of carbonyl (C=O) groups is 1. The lowest BCUT2D eigenvalue weighted by atomic mass is 10.0. The Morgan fingerprint density at radius 1 is 1.47 bits per heavy atom. The topological polar surface area (TPSA) is 42.4 Å². The number of amides is 1. The Hall–Kier alpha value is -1.49. The molecular weight excluding hydrogens is 247 g/mol. The zero-order valence-electron chi connectivity index (χ0n) is 11.3. The van der Waals surface area contributed by atoms with Crippen molar-refractivity contribution in [1.82, 2.24) is 9.88 Å². The fourth-order valence-corrected chi connectivity index (χ4v) is 2.47. The summed E-state index contributed by atoms with van der Waals surface area (Å²) in [5.41, 5.74) is 0.354. The van der Waals surface area contributed by atoms with Crippen LogP contribution in [0.4, 0.5) is 4.39 Å². The van der Waals surface area contributed by atoms with Crippen LogP contribution >= 0.6 is 0 Å². The SMILES string of the molecule is CC(C)N(C(=O)c1ccnc(F)c1)C1CCOCC1. The number of rotatable bonds is 3. The van der Waals surface area contributed by atoms with Gasteiger partial charge in [0.2, 0.25) is 5.95 Å². The molecule has 0 N–H and O–H groups in total. The number of hydrogen-bond acceptors (Lipinski definition) is 3. The highest BCUT2D eigenvalue weighted by Gasteiger charge is 2.28. The molecule has 1 fully saturated rings. The lowest BCUT2D eigenvalue weighted by Crippen LogP contribution is -2.47. The molecule has 0 atom stereocenters. The zero-order chi connectivity index (χ0) is 13.8. The van der Waals surface area contributed by atoms with E-state index in [4.69, 9.17) is 4.74 Å². The summed E-state index contributed by atoms with van der Waals surface area (Å²) in [6.45, 7) is 5.30. The summed E-state index contributed by atoms with van der Waals surface area (Å²) in [4.78, 5) is 17.8. The Balaban J connectivity index is 2.21. The Morgan fingerprint density at radius 3 is 2.74 bits per heavy atom. The minimum absolute atomic E-state index is 0.0758. The van der Waals surface area contributed by atoms with E-state index in [1.807, 2.05) is 18.7 Å². The summed E-state index contributed by atoms with van der Waals surface area (Å²) in [6.07, 6.45) is 2.99. The molecule has 1 amide bonds. The van der Waals surface area contributed by atoms with Crippen LogP contribution in [-0.4, -0.2) is 41.1 Å². The van der Waals surface area contributed by atoms with Crippen molar-refractivity contribution in [2.75, 3.05) is 13.2 Å². The second-order valence-electron chi connectivity index (χ2n) is 5.02. The van der Waals surface area contributed by atoms with Gasteiger partial charge in [0.05, 0.1) is 0 Å². The number of halogens is 1. The van der Waals surface area contributed by atoms with Gasteiger partial charge in [0, 0.05) is 43.1 Å². The Kier molecular flexibility index (Phi) is 4.47. The van der Waals surface area contributed by atoms with E-state index in [0.29, 0.717) is 18.8 Å². The summed E-state index contributed by atoms with van der Waals surface area (Å²) < 4.78 is 18.5. The van der Waals surface area contributed by atoms with Gasteiger partial charge in [0.15, 0.2) is 0 Å². The van der Waals surface area contributed by atoms with Crippen molar-refractivity contribution in [3.63, 3.8) is 0 Å². The molecule has 1 aromatic rings. The summed E-state index contributed by atoms with van der Waals surface area (Å²) in [7, 11) is 0. The lowest BCUT2D eigenvalue weighted by Gasteiger charge is -2.37. The van der Waals surface area contributed by atoms with E-state index in [-0.39, 0.29) is 18.0 Å². The van der Waals surface area contributed by atoms with Gasteiger partial charge in [-0.25, -0.2) is 4.98 Å². The zero-order valence-corrected chi connectivity index (χ0v) is 11.3. The Bertz CT molecular complexity index is 445. The first-order valence-electron chi connectivity index (χ1n) is 6.61. The van der Waals surface area contributed by atoms with Crippen molar-refractivity contribution >= 4 is 5.91 Å². The molecule has 2 rings (SSSR count). The molecule has 5 heteroatoms. The molecule has 2 heterocycles. The van der Waals surface area contributed by atoms with Crippen LogP contribution in [0.15, 0.2) is 18.3 Å². The van der Waals surface area contributed by atoms with Crippen LogP contribution in [-0.2, 0) is 4.74 Å². The van der Waals surface area contributed by atoms with Gasteiger partial charge in [-0.05, 0) is 32.8 Å². The van der Waals surface area contributed by atoms with E-state index in [2.05, 4.69) is 4.98 Å². The van der Waals surface area contributed by atoms with Gasteiger partial charge in [-0.3, -0.25) is 4.79 Å². The van der Waals surface area contributed by atoms with Gasteiger partial charge < -0.3 is 9.64 Å². The van der Waals surface area contributed by atoms with E-state index in [1.165, 1.54) is 12.3 Å². The lowest BCUT2D eigenvalue weighted by molar-refractivity contribution is 0.0205. The molecule has 0 spiro atoms. The first-order valence-corrected chi connectivity index (χ1v) is 6.61. The van der Waals surface area contributed by atoms with Crippen LogP contribution in [0.2, 0.25) is 0 Å². The molecule has 1 saturated heterocycles. The second-order valence-corrected chi connectivity index (χ2v) is 5.02. The van der Waals surface area contributed by atoms with E-state index in [0.717, 1.165) is 12.8 Å². The molecule has 0 radical (unpaired) electrons. The van der Waals surface area contributed by atoms with E-state index < -0.39 is 5.95 Å². The van der Waals surface area contributed by atoms with Crippen molar-refractivity contribution in [2.24, 2.45) is 0 Å². The number of nitrogens with zero attached hydrogens (tertiary/aromatic N) is 2.